The molecule has 1 unspecified atom stereocenters. The Morgan fingerprint density at radius 1 is 1.47 bits per heavy atom. The molecule has 0 spiro atoms. The van der Waals surface area contributed by atoms with Crippen LogP contribution in [0.4, 0.5) is 10.5 Å². The fourth-order valence-corrected chi connectivity index (χ4v) is 2.35. The van der Waals surface area contributed by atoms with Gasteiger partial charge in [-0.05, 0) is 25.1 Å². The number of hydrogen-bond donors (Lipinski definition) is 1. The molecule has 1 aromatic carbocycles. The fourth-order valence-electron chi connectivity index (χ4n) is 2.17. The molecule has 0 aromatic heterocycles. The average Bonchev–Trinajstić information content (AvgIpc) is 2.28. The Morgan fingerprint density at radius 3 is 2.82 bits per heavy atom. The zero-order valence-electron chi connectivity index (χ0n) is 9.64. The second kappa shape index (κ2) is 4.84. The zero-order chi connectivity index (χ0) is 12.4. The van der Waals surface area contributed by atoms with Gasteiger partial charge in [-0.2, -0.15) is 0 Å². The Balaban J connectivity index is 2.12. The first kappa shape index (κ1) is 12.0. The molecule has 92 valence electrons. The largest absolute Gasteiger partial charge is 0.465 e. The van der Waals surface area contributed by atoms with E-state index < -0.39 is 6.09 Å². The first-order chi connectivity index (χ1) is 8.08. The van der Waals surface area contributed by atoms with Gasteiger partial charge in [-0.1, -0.05) is 17.7 Å². The van der Waals surface area contributed by atoms with Crippen molar-refractivity contribution in [3.63, 3.8) is 0 Å². The molecule has 1 fully saturated rings. The molecule has 0 aliphatic carbocycles. The monoisotopic (exact) mass is 254 g/mol. The van der Waals surface area contributed by atoms with E-state index >= 15 is 0 Å². The molecule has 1 atom stereocenters. The molecule has 1 heterocycles. The van der Waals surface area contributed by atoms with Crippen molar-refractivity contribution in [1.29, 1.82) is 0 Å². The van der Waals surface area contributed by atoms with Crippen molar-refractivity contribution < 1.29 is 9.90 Å². The number of carboxylic acid groups (broad SMARTS) is 1. The molecule has 1 aliphatic heterocycles. The Labute approximate surface area is 105 Å². The van der Waals surface area contributed by atoms with E-state index in [0.29, 0.717) is 24.7 Å². The zero-order valence-corrected chi connectivity index (χ0v) is 10.4. The van der Waals surface area contributed by atoms with E-state index in [1.807, 2.05) is 31.2 Å². The fraction of sp³-hybridized carbons (Fsp3) is 0.417. The van der Waals surface area contributed by atoms with Gasteiger partial charge >= 0.3 is 6.09 Å². The van der Waals surface area contributed by atoms with Crippen LogP contribution in [0, 0.1) is 0 Å². The third-order valence-electron chi connectivity index (χ3n) is 3.04. The van der Waals surface area contributed by atoms with Crippen molar-refractivity contribution in [1.82, 2.24) is 4.90 Å². The molecule has 1 saturated heterocycles. The normalized spacial score (nSPS) is 20.5. The highest BCUT2D eigenvalue weighted by Crippen LogP contribution is 2.23. The minimum atomic E-state index is -0.845. The minimum Gasteiger partial charge on any atom is -0.465 e. The van der Waals surface area contributed by atoms with Crippen LogP contribution < -0.4 is 4.90 Å². The van der Waals surface area contributed by atoms with Crippen LogP contribution in [-0.4, -0.2) is 41.8 Å². The maximum atomic E-state index is 10.9. The lowest BCUT2D eigenvalue weighted by molar-refractivity contribution is 0.136. The van der Waals surface area contributed by atoms with Crippen LogP contribution in [-0.2, 0) is 0 Å². The molecule has 17 heavy (non-hydrogen) atoms. The molecule has 1 N–H and O–H groups in total. The van der Waals surface area contributed by atoms with Gasteiger partial charge in [-0.3, -0.25) is 0 Å². The topological polar surface area (TPSA) is 43.8 Å². The van der Waals surface area contributed by atoms with Crippen molar-refractivity contribution in [3.8, 4) is 0 Å². The summed E-state index contributed by atoms with van der Waals surface area (Å²) in [5.74, 6) is 0. The number of anilines is 1. The number of amides is 1. The van der Waals surface area contributed by atoms with Gasteiger partial charge in [0.15, 0.2) is 0 Å². The Kier molecular flexibility index (Phi) is 3.43. The molecule has 2 rings (SSSR count). The quantitative estimate of drug-likeness (QED) is 0.838. The van der Waals surface area contributed by atoms with E-state index in [-0.39, 0.29) is 6.04 Å². The maximum absolute atomic E-state index is 10.9. The number of hydrogen-bond acceptors (Lipinski definition) is 2. The second-order valence-electron chi connectivity index (χ2n) is 4.25. The first-order valence-corrected chi connectivity index (χ1v) is 5.96. The Bertz CT molecular complexity index is 425. The highest BCUT2D eigenvalue weighted by molar-refractivity contribution is 6.30. The Hall–Kier alpha value is -1.42. The highest BCUT2D eigenvalue weighted by atomic mass is 35.5. The van der Waals surface area contributed by atoms with Crippen molar-refractivity contribution in [2.45, 2.75) is 13.0 Å². The number of carbonyl (C=O) groups is 1. The summed E-state index contributed by atoms with van der Waals surface area (Å²) in [7, 11) is 0. The SMILES string of the molecule is CC1CN(C(=O)O)CCN1c1cccc(Cl)c1. The first-order valence-electron chi connectivity index (χ1n) is 5.58. The molecule has 1 aromatic rings. The van der Waals surface area contributed by atoms with Gasteiger partial charge < -0.3 is 14.9 Å². The lowest BCUT2D eigenvalue weighted by atomic mass is 10.1. The molecule has 5 heteroatoms. The van der Waals surface area contributed by atoms with E-state index in [2.05, 4.69) is 4.90 Å². The predicted molar refractivity (Wildman–Crippen MR) is 67.9 cm³/mol. The molecule has 1 amide bonds. The van der Waals surface area contributed by atoms with Gasteiger partial charge in [0.05, 0.1) is 0 Å². The van der Waals surface area contributed by atoms with Crippen LogP contribution in [0.2, 0.25) is 5.02 Å². The van der Waals surface area contributed by atoms with E-state index in [4.69, 9.17) is 16.7 Å². The van der Waals surface area contributed by atoms with Gasteiger partial charge in [0.2, 0.25) is 0 Å². The average molecular weight is 255 g/mol. The van der Waals surface area contributed by atoms with Crippen LogP contribution in [0.5, 0.6) is 0 Å². The van der Waals surface area contributed by atoms with Crippen LogP contribution in [0.1, 0.15) is 6.92 Å². The van der Waals surface area contributed by atoms with Gasteiger partial charge in [0.1, 0.15) is 0 Å². The summed E-state index contributed by atoms with van der Waals surface area (Å²) in [4.78, 5) is 14.5. The summed E-state index contributed by atoms with van der Waals surface area (Å²) >= 11 is 5.96. The third-order valence-corrected chi connectivity index (χ3v) is 3.27. The Morgan fingerprint density at radius 2 is 2.24 bits per heavy atom. The summed E-state index contributed by atoms with van der Waals surface area (Å²) in [5, 5.41) is 9.65. The van der Waals surface area contributed by atoms with Crippen molar-refractivity contribution in [2.75, 3.05) is 24.5 Å². The van der Waals surface area contributed by atoms with Gasteiger partial charge in [-0.25, -0.2) is 4.79 Å². The van der Waals surface area contributed by atoms with Gasteiger partial charge in [-0.15, -0.1) is 0 Å². The van der Waals surface area contributed by atoms with Crippen molar-refractivity contribution in [3.05, 3.63) is 29.3 Å². The van der Waals surface area contributed by atoms with E-state index in [1.165, 1.54) is 4.90 Å². The molecule has 4 nitrogen and oxygen atoms in total. The number of nitrogens with zero attached hydrogens (tertiary/aromatic N) is 2. The van der Waals surface area contributed by atoms with E-state index in [9.17, 15) is 4.79 Å². The molecule has 0 radical (unpaired) electrons. The number of piperazine rings is 1. The molecular weight excluding hydrogens is 240 g/mol. The second-order valence-corrected chi connectivity index (χ2v) is 4.69. The third kappa shape index (κ3) is 2.64. The lowest BCUT2D eigenvalue weighted by Gasteiger charge is -2.40. The van der Waals surface area contributed by atoms with Crippen LogP contribution in [0.25, 0.3) is 0 Å². The summed E-state index contributed by atoms with van der Waals surface area (Å²) in [6.45, 7) is 3.79. The summed E-state index contributed by atoms with van der Waals surface area (Å²) in [5.41, 5.74) is 1.05. The highest BCUT2D eigenvalue weighted by Gasteiger charge is 2.26. The summed E-state index contributed by atoms with van der Waals surface area (Å²) in [6.07, 6.45) is -0.845. The van der Waals surface area contributed by atoms with Crippen LogP contribution in [0.3, 0.4) is 0 Å². The standard InChI is InChI=1S/C12H15ClN2O2/c1-9-8-14(12(16)17)5-6-15(9)11-4-2-3-10(13)7-11/h2-4,7,9H,5-6,8H2,1H3,(H,16,17). The van der Waals surface area contributed by atoms with Crippen molar-refractivity contribution >= 4 is 23.4 Å². The number of benzene rings is 1. The van der Waals surface area contributed by atoms with Crippen molar-refractivity contribution in [2.24, 2.45) is 0 Å². The summed E-state index contributed by atoms with van der Waals surface area (Å²) < 4.78 is 0. The summed E-state index contributed by atoms with van der Waals surface area (Å²) in [6, 6.07) is 7.82. The van der Waals surface area contributed by atoms with Gasteiger partial charge in [0, 0.05) is 36.4 Å². The van der Waals surface area contributed by atoms with E-state index in [0.717, 1.165) is 5.69 Å². The molecular formula is C12H15ClN2O2. The van der Waals surface area contributed by atoms with E-state index in [1.54, 1.807) is 0 Å². The van der Waals surface area contributed by atoms with Crippen LogP contribution >= 0.6 is 11.6 Å². The maximum Gasteiger partial charge on any atom is 0.407 e. The molecule has 1 aliphatic rings. The molecule has 0 bridgehead atoms. The van der Waals surface area contributed by atoms with Crippen LogP contribution in [0.15, 0.2) is 24.3 Å². The number of rotatable bonds is 1. The minimum absolute atomic E-state index is 0.165. The predicted octanol–water partition coefficient (Wildman–Crippen LogP) is 2.53. The van der Waals surface area contributed by atoms with Gasteiger partial charge in [0.25, 0.3) is 0 Å². The lowest BCUT2D eigenvalue weighted by Crippen LogP contribution is -2.53. The molecule has 0 saturated carbocycles. The number of halogens is 1. The smallest absolute Gasteiger partial charge is 0.407 e.